The number of anilines is 1. The SMILES string of the molecule is O=C(CNC(=O)c1ccc2c(c1)CCC2)Nc1ccc(F)c(F)c1. The number of carbonyl (C=O) groups is 2. The van der Waals surface area contributed by atoms with Crippen molar-refractivity contribution in [1.29, 1.82) is 0 Å². The number of aryl methyl sites for hydroxylation is 2. The van der Waals surface area contributed by atoms with Gasteiger partial charge in [-0.1, -0.05) is 6.07 Å². The molecule has 124 valence electrons. The van der Waals surface area contributed by atoms with Crippen LogP contribution in [0, 0.1) is 11.6 Å². The molecule has 0 saturated carbocycles. The van der Waals surface area contributed by atoms with Gasteiger partial charge < -0.3 is 10.6 Å². The predicted octanol–water partition coefficient (Wildman–Crippen LogP) is 2.82. The van der Waals surface area contributed by atoms with Crippen molar-refractivity contribution in [3.63, 3.8) is 0 Å². The summed E-state index contributed by atoms with van der Waals surface area (Å²) in [6.07, 6.45) is 3.10. The minimum absolute atomic E-state index is 0.130. The first kappa shape index (κ1) is 16.1. The summed E-state index contributed by atoms with van der Waals surface area (Å²) in [6.45, 7) is -0.255. The molecule has 24 heavy (non-hydrogen) atoms. The molecule has 2 amide bonds. The molecule has 2 aromatic rings. The van der Waals surface area contributed by atoms with Crippen LogP contribution >= 0.6 is 0 Å². The summed E-state index contributed by atoms with van der Waals surface area (Å²) in [7, 11) is 0. The molecule has 0 aromatic heterocycles. The third kappa shape index (κ3) is 3.59. The molecule has 0 fully saturated rings. The van der Waals surface area contributed by atoms with Crippen molar-refractivity contribution in [1.82, 2.24) is 5.32 Å². The molecule has 3 rings (SSSR count). The largest absolute Gasteiger partial charge is 0.343 e. The van der Waals surface area contributed by atoms with Gasteiger partial charge in [-0.25, -0.2) is 8.78 Å². The van der Waals surface area contributed by atoms with Crippen molar-refractivity contribution in [2.24, 2.45) is 0 Å². The number of fused-ring (bicyclic) bond motifs is 1. The standard InChI is InChI=1S/C18H16F2N2O2/c19-15-7-6-14(9-16(15)20)22-17(23)10-21-18(24)13-5-4-11-2-1-3-12(11)8-13/h4-9H,1-3,10H2,(H,21,24)(H,22,23). The summed E-state index contributed by atoms with van der Waals surface area (Å²) in [6, 6.07) is 8.60. The summed E-state index contributed by atoms with van der Waals surface area (Å²) in [5, 5.41) is 4.92. The molecule has 0 aliphatic heterocycles. The molecular weight excluding hydrogens is 314 g/mol. The van der Waals surface area contributed by atoms with Crippen LogP contribution in [0.25, 0.3) is 0 Å². The Kier molecular flexibility index (Phi) is 4.55. The molecule has 2 aromatic carbocycles. The Labute approximate surface area is 137 Å². The Morgan fingerprint density at radius 1 is 0.958 bits per heavy atom. The van der Waals surface area contributed by atoms with Gasteiger partial charge in [-0.3, -0.25) is 9.59 Å². The average molecular weight is 330 g/mol. The maximum absolute atomic E-state index is 13.1. The lowest BCUT2D eigenvalue weighted by molar-refractivity contribution is -0.115. The quantitative estimate of drug-likeness (QED) is 0.906. The van der Waals surface area contributed by atoms with E-state index in [2.05, 4.69) is 10.6 Å². The Morgan fingerprint density at radius 2 is 1.75 bits per heavy atom. The van der Waals surface area contributed by atoms with E-state index in [1.165, 1.54) is 17.2 Å². The molecule has 0 saturated heterocycles. The summed E-state index contributed by atoms with van der Waals surface area (Å²) in [5.74, 6) is -2.89. The van der Waals surface area contributed by atoms with Crippen LogP contribution in [-0.4, -0.2) is 18.4 Å². The summed E-state index contributed by atoms with van der Waals surface area (Å²) in [5.41, 5.74) is 3.08. The minimum atomic E-state index is -1.05. The Balaban J connectivity index is 1.55. The Morgan fingerprint density at radius 3 is 2.54 bits per heavy atom. The van der Waals surface area contributed by atoms with Crippen molar-refractivity contribution in [3.8, 4) is 0 Å². The number of rotatable bonds is 4. The third-order valence-electron chi connectivity index (χ3n) is 3.97. The van der Waals surface area contributed by atoms with Gasteiger partial charge in [-0.05, 0) is 54.7 Å². The predicted molar refractivity (Wildman–Crippen MR) is 85.8 cm³/mol. The molecule has 0 heterocycles. The number of hydrogen-bond acceptors (Lipinski definition) is 2. The van der Waals surface area contributed by atoms with E-state index in [-0.39, 0.29) is 18.1 Å². The second-order valence-corrected chi connectivity index (χ2v) is 5.70. The van der Waals surface area contributed by atoms with Crippen LogP contribution < -0.4 is 10.6 Å². The lowest BCUT2D eigenvalue weighted by Gasteiger charge is -2.08. The van der Waals surface area contributed by atoms with E-state index in [0.717, 1.165) is 31.4 Å². The van der Waals surface area contributed by atoms with Gasteiger partial charge >= 0.3 is 0 Å². The molecule has 4 nitrogen and oxygen atoms in total. The number of hydrogen-bond donors (Lipinski definition) is 2. The Hall–Kier alpha value is -2.76. The van der Waals surface area contributed by atoms with Crippen molar-refractivity contribution in [2.45, 2.75) is 19.3 Å². The van der Waals surface area contributed by atoms with Crippen LogP contribution in [-0.2, 0) is 17.6 Å². The first-order valence-corrected chi connectivity index (χ1v) is 7.68. The third-order valence-corrected chi connectivity index (χ3v) is 3.97. The van der Waals surface area contributed by atoms with Gasteiger partial charge in [0.1, 0.15) is 0 Å². The highest BCUT2D eigenvalue weighted by Crippen LogP contribution is 2.22. The minimum Gasteiger partial charge on any atom is -0.343 e. The van der Waals surface area contributed by atoms with Gasteiger partial charge in [0.25, 0.3) is 5.91 Å². The van der Waals surface area contributed by atoms with Gasteiger partial charge in [-0.15, -0.1) is 0 Å². The zero-order valence-corrected chi connectivity index (χ0v) is 12.9. The van der Waals surface area contributed by atoms with Crippen molar-refractivity contribution < 1.29 is 18.4 Å². The zero-order chi connectivity index (χ0) is 17.1. The van der Waals surface area contributed by atoms with Crippen molar-refractivity contribution >= 4 is 17.5 Å². The fourth-order valence-corrected chi connectivity index (χ4v) is 2.75. The van der Waals surface area contributed by atoms with Gasteiger partial charge in [0, 0.05) is 17.3 Å². The van der Waals surface area contributed by atoms with Crippen LogP contribution in [0.3, 0.4) is 0 Å². The molecule has 1 aliphatic rings. The van der Waals surface area contributed by atoms with Crippen molar-refractivity contribution in [3.05, 3.63) is 64.7 Å². The summed E-state index contributed by atoms with van der Waals surface area (Å²) < 4.78 is 25.9. The average Bonchev–Trinajstić information content (AvgIpc) is 3.03. The lowest BCUT2D eigenvalue weighted by atomic mass is 10.1. The maximum Gasteiger partial charge on any atom is 0.251 e. The second kappa shape index (κ2) is 6.78. The molecule has 0 unspecified atom stereocenters. The fourth-order valence-electron chi connectivity index (χ4n) is 2.75. The van der Waals surface area contributed by atoms with E-state index in [0.29, 0.717) is 5.56 Å². The van der Waals surface area contributed by atoms with Gasteiger partial charge in [-0.2, -0.15) is 0 Å². The summed E-state index contributed by atoms with van der Waals surface area (Å²) >= 11 is 0. The number of amides is 2. The van der Waals surface area contributed by atoms with E-state index in [1.54, 1.807) is 6.07 Å². The molecule has 1 aliphatic carbocycles. The summed E-state index contributed by atoms with van der Waals surface area (Å²) in [4.78, 5) is 23.9. The van der Waals surface area contributed by atoms with E-state index in [4.69, 9.17) is 0 Å². The monoisotopic (exact) mass is 330 g/mol. The van der Waals surface area contributed by atoms with E-state index in [1.807, 2.05) is 12.1 Å². The number of benzene rings is 2. The molecular formula is C18H16F2N2O2. The molecule has 2 N–H and O–H groups in total. The number of carbonyl (C=O) groups excluding carboxylic acids is 2. The number of halogens is 2. The van der Waals surface area contributed by atoms with Crippen LogP contribution in [0.5, 0.6) is 0 Å². The first-order valence-electron chi connectivity index (χ1n) is 7.68. The van der Waals surface area contributed by atoms with Crippen LogP contribution in [0.4, 0.5) is 14.5 Å². The van der Waals surface area contributed by atoms with E-state index in [9.17, 15) is 18.4 Å². The highest BCUT2D eigenvalue weighted by molar-refractivity contribution is 5.99. The second-order valence-electron chi connectivity index (χ2n) is 5.70. The number of nitrogens with one attached hydrogen (secondary N) is 2. The van der Waals surface area contributed by atoms with Crippen LogP contribution in [0.2, 0.25) is 0 Å². The van der Waals surface area contributed by atoms with Crippen LogP contribution in [0.15, 0.2) is 36.4 Å². The normalized spacial score (nSPS) is 12.6. The molecule has 0 radical (unpaired) electrons. The van der Waals surface area contributed by atoms with E-state index >= 15 is 0 Å². The fraction of sp³-hybridized carbons (Fsp3) is 0.222. The Bertz CT molecular complexity index is 806. The molecule has 6 heteroatoms. The van der Waals surface area contributed by atoms with Crippen molar-refractivity contribution in [2.75, 3.05) is 11.9 Å². The molecule has 0 bridgehead atoms. The maximum atomic E-state index is 13.1. The topological polar surface area (TPSA) is 58.2 Å². The zero-order valence-electron chi connectivity index (χ0n) is 12.9. The smallest absolute Gasteiger partial charge is 0.251 e. The molecule has 0 spiro atoms. The van der Waals surface area contributed by atoms with E-state index < -0.39 is 17.5 Å². The van der Waals surface area contributed by atoms with Crippen LogP contribution in [0.1, 0.15) is 27.9 Å². The highest BCUT2D eigenvalue weighted by Gasteiger charge is 2.14. The highest BCUT2D eigenvalue weighted by atomic mass is 19.2. The first-order chi connectivity index (χ1) is 11.5. The lowest BCUT2D eigenvalue weighted by Crippen LogP contribution is -2.32. The van der Waals surface area contributed by atoms with Gasteiger partial charge in [0.05, 0.1) is 6.54 Å². The van der Waals surface area contributed by atoms with Gasteiger partial charge in [0.15, 0.2) is 11.6 Å². The van der Waals surface area contributed by atoms with Gasteiger partial charge in [0.2, 0.25) is 5.91 Å². The molecule has 0 atom stereocenters.